The SMILES string of the molecule is COc1ccc(S(=O)(=O)N2CCc3sccc3C2c2ccccc2)cc1C(N)=O. The molecule has 0 radical (unpaired) electrons. The van der Waals surface area contributed by atoms with E-state index in [0.29, 0.717) is 13.0 Å². The Morgan fingerprint density at radius 2 is 1.93 bits per heavy atom. The highest BCUT2D eigenvalue weighted by atomic mass is 32.2. The summed E-state index contributed by atoms with van der Waals surface area (Å²) in [4.78, 5) is 13.0. The van der Waals surface area contributed by atoms with E-state index in [1.54, 1.807) is 11.3 Å². The van der Waals surface area contributed by atoms with Crippen LogP contribution in [-0.4, -0.2) is 32.3 Å². The number of nitrogens with two attached hydrogens (primary N) is 1. The van der Waals surface area contributed by atoms with Crippen molar-refractivity contribution in [2.75, 3.05) is 13.7 Å². The topological polar surface area (TPSA) is 89.7 Å². The normalized spacial score (nSPS) is 16.9. The number of benzene rings is 2. The van der Waals surface area contributed by atoms with Crippen LogP contribution in [0, 0.1) is 0 Å². The maximum atomic E-state index is 13.6. The van der Waals surface area contributed by atoms with Crippen molar-refractivity contribution < 1.29 is 17.9 Å². The van der Waals surface area contributed by atoms with E-state index in [4.69, 9.17) is 10.5 Å². The third-order valence-electron chi connectivity index (χ3n) is 5.08. The molecule has 0 bridgehead atoms. The first-order valence-electron chi connectivity index (χ1n) is 9.04. The molecule has 1 atom stereocenters. The first-order valence-corrected chi connectivity index (χ1v) is 11.4. The van der Waals surface area contributed by atoms with Crippen molar-refractivity contribution in [2.45, 2.75) is 17.4 Å². The molecule has 2 N–H and O–H groups in total. The monoisotopic (exact) mass is 428 g/mol. The van der Waals surface area contributed by atoms with E-state index in [9.17, 15) is 13.2 Å². The third kappa shape index (κ3) is 3.43. The second-order valence-electron chi connectivity index (χ2n) is 6.70. The first-order chi connectivity index (χ1) is 13.9. The minimum Gasteiger partial charge on any atom is -0.496 e. The van der Waals surface area contributed by atoms with Crippen LogP contribution in [-0.2, 0) is 16.4 Å². The van der Waals surface area contributed by atoms with Crippen molar-refractivity contribution in [3.05, 3.63) is 81.5 Å². The average molecular weight is 429 g/mol. The van der Waals surface area contributed by atoms with E-state index in [-0.39, 0.29) is 16.2 Å². The number of ether oxygens (including phenoxy) is 1. The third-order valence-corrected chi connectivity index (χ3v) is 7.94. The summed E-state index contributed by atoms with van der Waals surface area (Å²) in [6.07, 6.45) is 0.647. The van der Waals surface area contributed by atoms with Gasteiger partial charge in [0, 0.05) is 11.4 Å². The predicted molar refractivity (Wildman–Crippen MR) is 112 cm³/mol. The molecule has 4 rings (SSSR count). The lowest BCUT2D eigenvalue weighted by Crippen LogP contribution is -2.40. The highest BCUT2D eigenvalue weighted by molar-refractivity contribution is 7.89. The molecular formula is C21H20N2O4S2. The number of fused-ring (bicyclic) bond motifs is 1. The van der Waals surface area contributed by atoms with Gasteiger partial charge in [0.1, 0.15) is 5.75 Å². The summed E-state index contributed by atoms with van der Waals surface area (Å²) >= 11 is 1.64. The summed E-state index contributed by atoms with van der Waals surface area (Å²) in [6.45, 7) is 0.355. The number of rotatable bonds is 5. The zero-order chi connectivity index (χ0) is 20.6. The van der Waals surface area contributed by atoms with Crippen molar-refractivity contribution >= 4 is 27.3 Å². The summed E-state index contributed by atoms with van der Waals surface area (Å²) < 4.78 is 33.9. The summed E-state index contributed by atoms with van der Waals surface area (Å²) in [7, 11) is -2.48. The lowest BCUT2D eigenvalue weighted by atomic mass is 9.95. The Hall–Kier alpha value is -2.68. The van der Waals surface area contributed by atoms with Crippen LogP contribution in [0.3, 0.4) is 0 Å². The molecule has 0 saturated heterocycles. The van der Waals surface area contributed by atoms with Gasteiger partial charge in [0.05, 0.1) is 23.6 Å². The van der Waals surface area contributed by atoms with Crippen molar-refractivity contribution in [1.82, 2.24) is 4.31 Å². The Bertz CT molecular complexity index is 1160. The van der Waals surface area contributed by atoms with Gasteiger partial charge in [-0.25, -0.2) is 8.42 Å². The molecule has 150 valence electrons. The smallest absolute Gasteiger partial charge is 0.252 e. The van der Waals surface area contributed by atoms with Gasteiger partial charge in [-0.15, -0.1) is 11.3 Å². The molecule has 0 saturated carbocycles. The number of hydrogen-bond donors (Lipinski definition) is 1. The molecule has 2 heterocycles. The number of primary amides is 1. The highest BCUT2D eigenvalue weighted by Gasteiger charge is 2.38. The number of nitrogens with zero attached hydrogens (tertiary/aromatic N) is 1. The fourth-order valence-electron chi connectivity index (χ4n) is 3.71. The molecule has 0 aliphatic carbocycles. The Morgan fingerprint density at radius 3 is 2.62 bits per heavy atom. The summed E-state index contributed by atoms with van der Waals surface area (Å²) in [5.41, 5.74) is 7.36. The van der Waals surface area contributed by atoms with E-state index in [0.717, 1.165) is 11.1 Å². The molecule has 1 aromatic heterocycles. The molecule has 29 heavy (non-hydrogen) atoms. The Morgan fingerprint density at radius 1 is 1.17 bits per heavy atom. The van der Waals surface area contributed by atoms with Crippen LogP contribution in [0.25, 0.3) is 0 Å². The van der Waals surface area contributed by atoms with Gasteiger partial charge < -0.3 is 10.5 Å². The van der Waals surface area contributed by atoms with Crippen LogP contribution >= 0.6 is 11.3 Å². The number of methoxy groups -OCH3 is 1. The predicted octanol–water partition coefficient (Wildman–Crippen LogP) is 3.19. The minimum atomic E-state index is -3.89. The summed E-state index contributed by atoms with van der Waals surface area (Å²) in [6, 6.07) is 15.3. The van der Waals surface area contributed by atoms with Gasteiger partial charge in [0.2, 0.25) is 10.0 Å². The van der Waals surface area contributed by atoms with Crippen LogP contribution in [0.4, 0.5) is 0 Å². The Kier molecular flexibility index (Phi) is 5.16. The maximum Gasteiger partial charge on any atom is 0.252 e. The van der Waals surface area contributed by atoms with E-state index in [1.165, 1.54) is 34.5 Å². The molecule has 3 aromatic rings. The largest absolute Gasteiger partial charge is 0.496 e. The number of carbonyl (C=O) groups is 1. The van der Waals surface area contributed by atoms with Crippen molar-refractivity contribution in [1.29, 1.82) is 0 Å². The first kappa shape index (κ1) is 19.6. The fraction of sp³-hybridized carbons (Fsp3) is 0.190. The number of sulfonamides is 1. The van der Waals surface area contributed by atoms with Crippen molar-refractivity contribution in [3.63, 3.8) is 0 Å². The second-order valence-corrected chi connectivity index (χ2v) is 9.60. The lowest BCUT2D eigenvalue weighted by Gasteiger charge is -2.35. The van der Waals surface area contributed by atoms with E-state index in [2.05, 4.69) is 0 Å². The molecule has 6 nitrogen and oxygen atoms in total. The van der Waals surface area contributed by atoms with Crippen LogP contribution in [0.15, 0.2) is 64.9 Å². The fourth-order valence-corrected chi connectivity index (χ4v) is 6.23. The average Bonchev–Trinajstić information content (AvgIpc) is 3.22. The molecule has 1 aliphatic heterocycles. The molecule has 0 fully saturated rings. The molecule has 2 aromatic carbocycles. The van der Waals surface area contributed by atoms with Crippen LogP contribution in [0.2, 0.25) is 0 Å². The van der Waals surface area contributed by atoms with Crippen molar-refractivity contribution in [3.8, 4) is 5.75 Å². The quantitative estimate of drug-likeness (QED) is 0.676. The summed E-state index contributed by atoms with van der Waals surface area (Å²) in [5.74, 6) is -0.493. The van der Waals surface area contributed by atoms with Gasteiger partial charge in [0.25, 0.3) is 5.91 Å². The number of thiophene rings is 1. The van der Waals surface area contributed by atoms with Gasteiger partial charge in [-0.1, -0.05) is 30.3 Å². The molecule has 1 unspecified atom stereocenters. The molecular weight excluding hydrogens is 408 g/mol. The van der Waals surface area contributed by atoms with Crippen LogP contribution in [0.1, 0.15) is 32.4 Å². The Balaban J connectivity index is 1.84. The van der Waals surface area contributed by atoms with Gasteiger partial charge >= 0.3 is 0 Å². The lowest BCUT2D eigenvalue weighted by molar-refractivity contribution is 0.0997. The zero-order valence-corrected chi connectivity index (χ0v) is 17.4. The van der Waals surface area contributed by atoms with Crippen LogP contribution < -0.4 is 10.5 Å². The number of carbonyl (C=O) groups excluding carboxylic acids is 1. The number of hydrogen-bond acceptors (Lipinski definition) is 5. The number of amides is 1. The standard InChI is InChI=1S/C21H20N2O4S2/c1-27-18-8-7-15(13-17(18)21(22)24)29(25,26)23-11-9-19-16(10-12-28-19)20(23)14-5-3-2-4-6-14/h2-8,10,12-13,20H,9,11H2,1H3,(H2,22,24). The minimum absolute atomic E-state index is 0.0201. The molecule has 1 aliphatic rings. The van der Waals surface area contributed by atoms with Gasteiger partial charge in [-0.05, 0) is 47.2 Å². The molecule has 1 amide bonds. The van der Waals surface area contributed by atoms with Gasteiger partial charge in [-0.3, -0.25) is 4.79 Å². The second kappa shape index (κ2) is 7.62. The van der Waals surface area contributed by atoms with Gasteiger partial charge in [0.15, 0.2) is 0 Å². The highest BCUT2D eigenvalue weighted by Crippen LogP contribution is 2.41. The van der Waals surface area contributed by atoms with E-state index < -0.39 is 22.0 Å². The molecule has 8 heteroatoms. The molecule has 0 spiro atoms. The van der Waals surface area contributed by atoms with Crippen LogP contribution in [0.5, 0.6) is 5.75 Å². The Labute approximate surface area is 173 Å². The van der Waals surface area contributed by atoms with E-state index >= 15 is 0 Å². The van der Waals surface area contributed by atoms with Gasteiger partial charge in [-0.2, -0.15) is 4.31 Å². The maximum absolute atomic E-state index is 13.6. The zero-order valence-electron chi connectivity index (χ0n) is 15.7. The summed E-state index contributed by atoms with van der Waals surface area (Å²) in [5, 5.41) is 2.00. The van der Waals surface area contributed by atoms with E-state index in [1.807, 2.05) is 41.8 Å². The van der Waals surface area contributed by atoms with Crippen molar-refractivity contribution in [2.24, 2.45) is 5.73 Å².